The zero-order chi connectivity index (χ0) is 9.84. The Bertz CT molecular complexity index is 349. The van der Waals surface area contributed by atoms with Gasteiger partial charge in [-0.2, -0.15) is 5.26 Å². The van der Waals surface area contributed by atoms with Gasteiger partial charge in [-0.15, -0.1) is 12.4 Å². The number of nitrogens with zero attached hydrogens (tertiary/aromatic N) is 1. The van der Waals surface area contributed by atoms with Crippen LogP contribution in [-0.2, 0) is 0 Å². The van der Waals surface area contributed by atoms with Crippen LogP contribution in [0.25, 0.3) is 0 Å². The van der Waals surface area contributed by atoms with Gasteiger partial charge in [-0.1, -0.05) is 23.7 Å². The van der Waals surface area contributed by atoms with E-state index in [4.69, 9.17) is 22.6 Å². The van der Waals surface area contributed by atoms with Crippen LogP contribution in [0.1, 0.15) is 18.0 Å². The van der Waals surface area contributed by atoms with E-state index in [1.165, 1.54) is 12.1 Å². The Balaban J connectivity index is 0.00000169. The minimum atomic E-state index is -0.608. The molecule has 2 N–H and O–H groups in total. The summed E-state index contributed by atoms with van der Waals surface area (Å²) >= 11 is 5.54. The monoisotopic (exact) mass is 234 g/mol. The number of benzene rings is 1. The Morgan fingerprint density at radius 2 is 2.21 bits per heavy atom. The second kappa shape index (κ2) is 5.82. The van der Waals surface area contributed by atoms with Gasteiger partial charge in [0, 0.05) is 11.6 Å². The van der Waals surface area contributed by atoms with Gasteiger partial charge < -0.3 is 5.73 Å². The van der Waals surface area contributed by atoms with E-state index in [0.717, 1.165) is 0 Å². The predicted octanol–water partition coefficient (Wildman–Crippen LogP) is 2.81. The maximum atomic E-state index is 13.3. The smallest absolute Gasteiger partial charge is 0.146 e. The van der Waals surface area contributed by atoms with Crippen molar-refractivity contribution in [3.8, 4) is 6.07 Å². The number of nitrogens with two attached hydrogens (primary N) is 1. The molecule has 0 radical (unpaired) electrons. The van der Waals surface area contributed by atoms with Gasteiger partial charge in [0.2, 0.25) is 0 Å². The normalized spacial score (nSPS) is 11.3. The molecule has 76 valence electrons. The van der Waals surface area contributed by atoms with Crippen LogP contribution in [0.4, 0.5) is 4.39 Å². The molecule has 0 saturated heterocycles. The number of rotatable bonds is 2. The molecule has 0 bridgehead atoms. The minimum absolute atomic E-state index is 0. The maximum Gasteiger partial charge on any atom is 0.146 e. The number of hydrogen-bond acceptors (Lipinski definition) is 2. The lowest BCUT2D eigenvalue weighted by Gasteiger charge is -2.09. The summed E-state index contributed by atoms with van der Waals surface area (Å²) in [6.45, 7) is 0. The van der Waals surface area contributed by atoms with E-state index in [-0.39, 0.29) is 29.4 Å². The Labute approximate surface area is 92.9 Å². The highest BCUT2D eigenvalue weighted by atomic mass is 35.5. The van der Waals surface area contributed by atoms with Gasteiger partial charge in [0.1, 0.15) is 5.82 Å². The van der Waals surface area contributed by atoms with E-state index in [9.17, 15) is 4.39 Å². The second-order valence-electron chi connectivity index (χ2n) is 2.61. The van der Waals surface area contributed by atoms with Crippen molar-refractivity contribution in [3.05, 3.63) is 34.6 Å². The van der Waals surface area contributed by atoms with Crippen molar-refractivity contribution in [3.63, 3.8) is 0 Å². The molecular formula is C9H9Cl2FN2. The molecule has 0 aliphatic heterocycles. The molecule has 1 atom stereocenters. The maximum absolute atomic E-state index is 13.3. The van der Waals surface area contributed by atoms with Crippen LogP contribution in [0.5, 0.6) is 0 Å². The third-order valence-electron chi connectivity index (χ3n) is 1.69. The van der Waals surface area contributed by atoms with Gasteiger partial charge in [-0.25, -0.2) is 4.39 Å². The third-order valence-corrected chi connectivity index (χ3v) is 1.98. The van der Waals surface area contributed by atoms with Crippen LogP contribution < -0.4 is 5.73 Å². The molecule has 0 amide bonds. The van der Waals surface area contributed by atoms with E-state index in [2.05, 4.69) is 0 Å². The van der Waals surface area contributed by atoms with Gasteiger partial charge in [0.25, 0.3) is 0 Å². The topological polar surface area (TPSA) is 49.8 Å². The molecule has 0 saturated carbocycles. The summed E-state index contributed by atoms with van der Waals surface area (Å²) in [6.07, 6.45) is 0.0806. The predicted molar refractivity (Wildman–Crippen MR) is 55.8 cm³/mol. The van der Waals surface area contributed by atoms with Crippen molar-refractivity contribution < 1.29 is 4.39 Å². The standard InChI is InChI=1S/C9H8ClFN2.ClH/c10-7-3-1-2-6(9(7)11)8(13)4-5-12;/h1-3,8H,4,13H2;1H/t8-;/m0./s1. The van der Waals surface area contributed by atoms with Crippen molar-refractivity contribution in [2.24, 2.45) is 5.73 Å². The fourth-order valence-corrected chi connectivity index (χ4v) is 1.20. The molecule has 0 unspecified atom stereocenters. The lowest BCUT2D eigenvalue weighted by Crippen LogP contribution is -2.11. The summed E-state index contributed by atoms with van der Waals surface area (Å²) in [5.41, 5.74) is 5.84. The molecule has 1 rings (SSSR count). The molecule has 0 fully saturated rings. The minimum Gasteiger partial charge on any atom is -0.323 e. The van der Waals surface area contributed by atoms with E-state index < -0.39 is 11.9 Å². The zero-order valence-corrected chi connectivity index (χ0v) is 8.78. The van der Waals surface area contributed by atoms with Crippen LogP contribution in [0.3, 0.4) is 0 Å². The molecule has 0 aliphatic carbocycles. The van der Waals surface area contributed by atoms with Crippen molar-refractivity contribution in [2.45, 2.75) is 12.5 Å². The summed E-state index contributed by atoms with van der Waals surface area (Å²) in [5.74, 6) is -0.535. The summed E-state index contributed by atoms with van der Waals surface area (Å²) in [4.78, 5) is 0. The first-order valence-electron chi connectivity index (χ1n) is 3.73. The van der Waals surface area contributed by atoms with Crippen molar-refractivity contribution in [1.82, 2.24) is 0 Å². The third kappa shape index (κ3) is 2.85. The highest BCUT2D eigenvalue weighted by Gasteiger charge is 2.12. The molecule has 14 heavy (non-hydrogen) atoms. The fraction of sp³-hybridized carbons (Fsp3) is 0.222. The van der Waals surface area contributed by atoms with Gasteiger partial charge >= 0.3 is 0 Å². The lowest BCUT2D eigenvalue weighted by molar-refractivity contribution is 0.585. The number of halogens is 3. The van der Waals surface area contributed by atoms with Crippen LogP contribution in [0.2, 0.25) is 5.02 Å². The molecule has 0 aromatic heterocycles. The van der Waals surface area contributed by atoms with Crippen LogP contribution in [0.15, 0.2) is 18.2 Å². The molecule has 0 spiro atoms. The number of hydrogen-bond donors (Lipinski definition) is 1. The molecule has 2 nitrogen and oxygen atoms in total. The van der Waals surface area contributed by atoms with Crippen molar-refractivity contribution in [1.29, 1.82) is 5.26 Å². The van der Waals surface area contributed by atoms with E-state index in [1.807, 2.05) is 6.07 Å². The quantitative estimate of drug-likeness (QED) is 0.856. The largest absolute Gasteiger partial charge is 0.323 e. The van der Waals surface area contributed by atoms with Gasteiger partial charge in [0.05, 0.1) is 17.5 Å². The fourth-order valence-electron chi connectivity index (χ4n) is 1.02. The van der Waals surface area contributed by atoms with E-state index in [1.54, 1.807) is 6.07 Å². The lowest BCUT2D eigenvalue weighted by atomic mass is 10.1. The Morgan fingerprint density at radius 3 is 2.79 bits per heavy atom. The summed E-state index contributed by atoms with van der Waals surface area (Å²) < 4.78 is 13.3. The molecule has 5 heteroatoms. The summed E-state index contributed by atoms with van der Waals surface area (Å²) in [5, 5.41) is 8.41. The first kappa shape index (κ1) is 13.2. The molecular weight excluding hydrogens is 226 g/mol. The summed E-state index contributed by atoms with van der Waals surface area (Å²) in [7, 11) is 0. The van der Waals surface area contributed by atoms with E-state index >= 15 is 0 Å². The Hall–Kier alpha value is -0.820. The van der Waals surface area contributed by atoms with Gasteiger partial charge in [-0.05, 0) is 6.07 Å². The van der Waals surface area contributed by atoms with E-state index in [0.29, 0.717) is 0 Å². The SMILES string of the molecule is Cl.N#CC[C@H](N)c1cccc(Cl)c1F. The van der Waals surface area contributed by atoms with Crippen LogP contribution in [-0.4, -0.2) is 0 Å². The average Bonchev–Trinajstić information content (AvgIpc) is 2.10. The highest BCUT2D eigenvalue weighted by Crippen LogP contribution is 2.23. The molecule has 1 aromatic rings. The van der Waals surface area contributed by atoms with Crippen molar-refractivity contribution >= 4 is 24.0 Å². The Kier molecular flexibility index (Phi) is 5.47. The molecule has 1 aromatic carbocycles. The van der Waals surface area contributed by atoms with Crippen LogP contribution >= 0.6 is 24.0 Å². The Morgan fingerprint density at radius 1 is 1.57 bits per heavy atom. The van der Waals surface area contributed by atoms with Crippen molar-refractivity contribution in [2.75, 3.05) is 0 Å². The number of nitriles is 1. The van der Waals surface area contributed by atoms with Crippen LogP contribution in [0, 0.1) is 17.1 Å². The summed E-state index contributed by atoms with van der Waals surface area (Å²) in [6, 6.07) is 5.85. The van der Waals surface area contributed by atoms with Gasteiger partial charge in [0.15, 0.2) is 0 Å². The first-order chi connectivity index (χ1) is 6.16. The highest BCUT2D eigenvalue weighted by molar-refractivity contribution is 6.30. The second-order valence-corrected chi connectivity index (χ2v) is 3.02. The zero-order valence-electron chi connectivity index (χ0n) is 7.21. The average molecular weight is 235 g/mol. The molecule has 0 aliphatic rings. The first-order valence-corrected chi connectivity index (χ1v) is 4.11. The van der Waals surface area contributed by atoms with Gasteiger partial charge in [-0.3, -0.25) is 0 Å². The molecule has 0 heterocycles.